The molecule has 1 N–H and O–H groups in total. The predicted molar refractivity (Wildman–Crippen MR) is 108 cm³/mol. The van der Waals surface area contributed by atoms with Gasteiger partial charge in [0.1, 0.15) is 5.75 Å². The van der Waals surface area contributed by atoms with E-state index in [2.05, 4.69) is 25.6 Å². The van der Waals surface area contributed by atoms with Gasteiger partial charge in [0.2, 0.25) is 0 Å². The van der Waals surface area contributed by atoms with Crippen LogP contribution >= 0.6 is 0 Å². The van der Waals surface area contributed by atoms with Gasteiger partial charge in [-0.1, -0.05) is 5.21 Å². The summed E-state index contributed by atoms with van der Waals surface area (Å²) in [5, 5.41) is 10.7. The Bertz CT molecular complexity index is 957. The van der Waals surface area contributed by atoms with E-state index in [1.807, 2.05) is 20.8 Å². The van der Waals surface area contributed by atoms with Crippen molar-refractivity contribution < 1.29 is 19.0 Å². The normalized spacial score (nSPS) is 10.9. The van der Waals surface area contributed by atoms with Crippen molar-refractivity contribution in [3.05, 3.63) is 54.1 Å². The zero-order valence-electron chi connectivity index (χ0n) is 17.1. The third-order valence-electron chi connectivity index (χ3n) is 4.01. The lowest BCUT2D eigenvalue weighted by Gasteiger charge is -2.16. The van der Waals surface area contributed by atoms with Gasteiger partial charge in [0, 0.05) is 31.3 Å². The van der Waals surface area contributed by atoms with Crippen LogP contribution in [0.4, 0.5) is 5.69 Å². The molecule has 0 saturated carbocycles. The molecule has 158 valence electrons. The molecule has 0 bridgehead atoms. The molecule has 0 aliphatic carbocycles. The Labute approximate surface area is 174 Å². The molecular weight excluding hydrogens is 388 g/mol. The largest absolute Gasteiger partial charge is 0.424 e. The van der Waals surface area contributed by atoms with Crippen LogP contribution < -0.4 is 10.1 Å². The number of benzene rings is 1. The van der Waals surface area contributed by atoms with Crippen molar-refractivity contribution in [2.45, 2.75) is 33.6 Å². The summed E-state index contributed by atoms with van der Waals surface area (Å²) in [6.45, 7) is 7.01. The quantitative estimate of drug-likeness (QED) is 0.506. The zero-order chi connectivity index (χ0) is 21.3. The van der Waals surface area contributed by atoms with Crippen LogP contribution in [0.1, 0.15) is 29.9 Å². The van der Waals surface area contributed by atoms with Crippen molar-refractivity contribution in [1.82, 2.24) is 25.0 Å². The minimum Gasteiger partial charge on any atom is -0.424 e. The topological polar surface area (TPSA) is 113 Å². The van der Waals surface area contributed by atoms with Crippen molar-refractivity contribution in [2.75, 3.05) is 18.5 Å². The SMILES string of the molecule is CCOC(Cn1cc(C(=O)Nc2ccc(Oc3ncccn3)cc2C)nn1)OCC. The maximum Gasteiger partial charge on any atom is 0.321 e. The standard InChI is InChI=1S/C20H24N6O4/c1-4-28-18(29-5-2)13-26-12-17(24-25-26)19(27)23-16-8-7-15(11-14(16)3)30-20-21-9-6-10-22-20/h6-12,18H,4-5,13H2,1-3H3,(H,23,27). The average Bonchev–Trinajstić information content (AvgIpc) is 3.20. The number of rotatable bonds is 10. The van der Waals surface area contributed by atoms with Crippen LogP contribution in [0.15, 0.2) is 42.9 Å². The summed E-state index contributed by atoms with van der Waals surface area (Å²) in [5.74, 6) is 0.203. The van der Waals surface area contributed by atoms with Crippen molar-refractivity contribution in [1.29, 1.82) is 0 Å². The van der Waals surface area contributed by atoms with Gasteiger partial charge in [-0.3, -0.25) is 4.79 Å². The van der Waals surface area contributed by atoms with Crippen LogP contribution in [0.5, 0.6) is 11.8 Å². The van der Waals surface area contributed by atoms with E-state index in [-0.39, 0.29) is 17.6 Å². The summed E-state index contributed by atoms with van der Waals surface area (Å²) in [6, 6.07) is 7.22. The van der Waals surface area contributed by atoms with Crippen LogP contribution in [-0.4, -0.2) is 50.4 Å². The third-order valence-corrected chi connectivity index (χ3v) is 4.01. The molecule has 2 aromatic heterocycles. The van der Waals surface area contributed by atoms with Gasteiger partial charge in [-0.05, 0) is 50.6 Å². The second-order valence-electron chi connectivity index (χ2n) is 6.23. The first-order chi connectivity index (χ1) is 14.6. The third kappa shape index (κ3) is 5.82. The number of ether oxygens (including phenoxy) is 3. The molecule has 0 unspecified atom stereocenters. The van der Waals surface area contributed by atoms with Gasteiger partial charge in [-0.2, -0.15) is 0 Å². The van der Waals surface area contributed by atoms with Gasteiger partial charge in [-0.15, -0.1) is 5.10 Å². The number of hydrogen-bond acceptors (Lipinski definition) is 8. The molecule has 0 aliphatic heterocycles. The molecular formula is C20H24N6O4. The van der Waals surface area contributed by atoms with Crippen molar-refractivity contribution in [2.24, 2.45) is 0 Å². The van der Waals surface area contributed by atoms with E-state index in [1.54, 1.807) is 42.9 Å². The van der Waals surface area contributed by atoms with Crippen LogP contribution in [0.25, 0.3) is 0 Å². The highest BCUT2D eigenvalue weighted by Crippen LogP contribution is 2.24. The van der Waals surface area contributed by atoms with E-state index in [4.69, 9.17) is 14.2 Å². The summed E-state index contributed by atoms with van der Waals surface area (Å²) in [7, 11) is 0. The van der Waals surface area contributed by atoms with Crippen molar-refractivity contribution in [3.8, 4) is 11.8 Å². The Morgan fingerprint density at radius 1 is 1.17 bits per heavy atom. The van der Waals surface area contributed by atoms with E-state index in [1.165, 1.54) is 4.68 Å². The zero-order valence-corrected chi connectivity index (χ0v) is 17.1. The first-order valence-electron chi connectivity index (χ1n) is 9.59. The monoisotopic (exact) mass is 412 g/mol. The fourth-order valence-electron chi connectivity index (χ4n) is 2.64. The Kier molecular flexibility index (Phi) is 7.41. The van der Waals surface area contributed by atoms with E-state index in [9.17, 15) is 4.79 Å². The summed E-state index contributed by atoms with van der Waals surface area (Å²) >= 11 is 0. The highest BCUT2D eigenvalue weighted by molar-refractivity contribution is 6.03. The lowest BCUT2D eigenvalue weighted by Crippen LogP contribution is -2.24. The van der Waals surface area contributed by atoms with Crippen LogP contribution in [0.3, 0.4) is 0 Å². The van der Waals surface area contributed by atoms with E-state index in [0.29, 0.717) is 31.2 Å². The van der Waals surface area contributed by atoms with Crippen LogP contribution in [0, 0.1) is 6.92 Å². The fraction of sp³-hybridized carbons (Fsp3) is 0.350. The molecule has 0 aliphatic rings. The summed E-state index contributed by atoms with van der Waals surface area (Å²) < 4.78 is 18.1. The molecule has 0 spiro atoms. The lowest BCUT2D eigenvalue weighted by molar-refractivity contribution is -0.145. The Morgan fingerprint density at radius 3 is 2.57 bits per heavy atom. The fourth-order valence-corrected chi connectivity index (χ4v) is 2.64. The maximum atomic E-state index is 12.6. The molecule has 2 heterocycles. The molecule has 1 amide bonds. The van der Waals surface area contributed by atoms with E-state index >= 15 is 0 Å². The number of nitrogens with zero attached hydrogens (tertiary/aromatic N) is 5. The second kappa shape index (κ2) is 10.4. The molecule has 1 aromatic carbocycles. The summed E-state index contributed by atoms with van der Waals surface area (Å²) in [4.78, 5) is 20.6. The van der Waals surface area contributed by atoms with Gasteiger partial charge in [0.25, 0.3) is 5.91 Å². The van der Waals surface area contributed by atoms with Gasteiger partial charge >= 0.3 is 6.01 Å². The second-order valence-corrected chi connectivity index (χ2v) is 6.23. The first-order valence-corrected chi connectivity index (χ1v) is 9.59. The lowest BCUT2D eigenvalue weighted by atomic mass is 10.2. The Hall–Kier alpha value is -3.37. The van der Waals surface area contributed by atoms with Crippen molar-refractivity contribution >= 4 is 11.6 Å². The number of aryl methyl sites for hydroxylation is 1. The number of anilines is 1. The Balaban J connectivity index is 1.62. The molecule has 0 radical (unpaired) electrons. The number of aromatic nitrogens is 5. The highest BCUT2D eigenvalue weighted by Gasteiger charge is 2.15. The number of amides is 1. The number of carbonyl (C=O) groups excluding carboxylic acids is 1. The molecule has 3 aromatic rings. The van der Waals surface area contributed by atoms with Crippen LogP contribution in [0.2, 0.25) is 0 Å². The van der Waals surface area contributed by atoms with E-state index in [0.717, 1.165) is 5.56 Å². The molecule has 0 atom stereocenters. The summed E-state index contributed by atoms with van der Waals surface area (Å²) in [5.41, 5.74) is 1.65. The maximum absolute atomic E-state index is 12.6. The first kappa shape index (κ1) is 21.3. The van der Waals surface area contributed by atoms with Gasteiger partial charge in [-0.25, -0.2) is 14.6 Å². The summed E-state index contributed by atoms with van der Waals surface area (Å²) in [6.07, 6.45) is 4.31. The predicted octanol–water partition coefficient (Wildman–Crippen LogP) is 2.82. The minimum absolute atomic E-state index is 0.194. The smallest absolute Gasteiger partial charge is 0.321 e. The number of hydrogen-bond donors (Lipinski definition) is 1. The molecule has 0 saturated heterocycles. The van der Waals surface area contributed by atoms with Gasteiger partial charge < -0.3 is 19.5 Å². The number of nitrogens with one attached hydrogen (secondary N) is 1. The molecule has 0 fully saturated rings. The highest BCUT2D eigenvalue weighted by atomic mass is 16.7. The molecule has 10 heteroatoms. The van der Waals surface area contributed by atoms with Crippen LogP contribution in [-0.2, 0) is 16.0 Å². The minimum atomic E-state index is -0.444. The van der Waals surface area contributed by atoms with E-state index < -0.39 is 6.29 Å². The number of carbonyl (C=O) groups is 1. The molecule has 3 rings (SSSR count). The molecule has 30 heavy (non-hydrogen) atoms. The Morgan fingerprint density at radius 2 is 1.90 bits per heavy atom. The van der Waals surface area contributed by atoms with Gasteiger partial charge in [0.15, 0.2) is 12.0 Å². The van der Waals surface area contributed by atoms with Crippen molar-refractivity contribution in [3.63, 3.8) is 0 Å². The average molecular weight is 412 g/mol. The molecule has 10 nitrogen and oxygen atoms in total. The van der Waals surface area contributed by atoms with Gasteiger partial charge in [0.05, 0.1) is 12.7 Å².